The molecule has 0 radical (unpaired) electrons. The van der Waals surface area contributed by atoms with Gasteiger partial charge >= 0.3 is 0 Å². The summed E-state index contributed by atoms with van der Waals surface area (Å²) in [7, 11) is 1.79. The minimum atomic E-state index is 0. The van der Waals surface area contributed by atoms with Gasteiger partial charge in [-0.3, -0.25) is 4.99 Å². The molecule has 0 aliphatic carbocycles. The Morgan fingerprint density at radius 3 is 2.50 bits per heavy atom. The molecule has 2 rings (SSSR count). The van der Waals surface area contributed by atoms with Crippen molar-refractivity contribution < 1.29 is 4.42 Å². The van der Waals surface area contributed by atoms with Crippen molar-refractivity contribution in [3.63, 3.8) is 0 Å². The van der Waals surface area contributed by atoms with E-state index in [0.29, 0.717) is 0 Å². The highest BCUT2D eigenvalue weighted by Crippen LogP contribution is 2.03. The molecule has 5 heteroatoms. The number of nitrogens with one attached hydrogen (secondary N) is 2. The van der Waals surface area contributed by atoms with Crippen molar-refractivity contribution in [2.45, 2.75) is 19.8 Å². The number of hydrogen-bond donors (Lipinski definition) is 2. The van der Waals surface area contributed by atoms with Crippen molar-refractivity contribution in [2.75, 3.05) is 20.1 Å². The lowest BCUT2D eigenvalue weighted by atomic mass is 10.1. The number of nitrogens with zero attached hydrogens (tertiary/aromatic N) is 1. The zero-order valence-corrected chi connectivity index (χ0v) is 15.5. The maximum Gasteiger partial charge on any atom is 0.191 e. The van der Waals surface area contributed by atoms with Gasteiger partial charge < -0.3 is 15.1 Å². The van der Waals surface area contributed by atoms with E-state index in [9.17, 15) is 0 Å². The van der Waals surface area contributed by atoms with Crippen LogP contribution in [0.5, 0.6) is 0 Å². The van der Waals surface area contributed by atoms with Crippen molar-refractivity contribution in [2.24, 2.45) is 4.99 Å². The van der Waals surface area contributed by atoms with Crippen LogP contribution in [0.2, 0.25) is 0 Å². The maximum absolute atomic E-state index is 5.30. The van der Waals surface area contributed by atoms with Crippen molar-refractivity contribution in [1.82, 2.24) is 10.6 Å². The summed E-state index contributed by atoms with van der Waals surface area (Å²) in [5.74, 6) is 1.81. The minimum Gasteiger partial charge on any atom is -0.469 e. The highest BCUT2D eigenvalue weighted by atomic mass is 127. The summed E-state index contributed by atoms with van der Waals surface area (Å²) in [6.07, 6.45) is 3.54. The van der Waals surface area contributed by atoms with Crippen LogP contribution in [0, 0.1) is 6.92 Å². The number of rotatable bonds is 6. The Morgan fingerprint density at radius 2 is 1.86 bits per heavy atom. The molecule has 2 N–H and O–H groups in total. The first-order valence-electron chi connectivity index (χ1n) is 7.30. The number of halogens is 1. The lowest BCUT2D eigenvalue weighted by Gasteiger charge is -2.11. The molecule has 120 valence electrons. The molecule has 22 heavy (non-hydrogen) atoms. The van der Waals surface area contributed by atoms with E-state index in [1.165, 1.54) is 11.1 Å². The Hall–Kier alpha value is -1.50. The normalized spacial score (nSPS) is 10.9. The Labute approximate surface area is 149 Å². The van der Waals surface area contributed by atoms with Gasteiger partial charge in [0.2, 0.25) is 0 Å². The summed E-state index contributed by atoms with van der Waals surface area (Å²) >= 11 is 0. The van der Waals surface area contributed by atoms with E-state index in [0.717, 1.165) is 37.7 Å². The number of benzene rings is 1. The van der Waals surface area contributed by atoms with E-state index in [2.05, 4.69) is 46.8 Å². The monoisotopic (exact) mass is 413 g/mol. The number of aryl methyl sites for hydroxylation is 1. The van der Waals surface area contributed by atoms with Crippen LogP contribution in [0.15, 0.2) is 52.1 Å². The highest BCUT2D eigenvalue weighted by molar-refractivity contribution is 14.0. The van der Waals surface area contributed by atoms with E-state index >= 15 is 0 Å². The molecule has 0 saturated heterocycles. The van der Waals surface area contributed by atoms with Gasteiger partial charge in [0.05, 0.1) is 6.26 Å². The molecule has 1 heterocycles. The van der Waals surface area contributed by atoms with Crippen LogP contribution in [-0.4, -0.2) is 26.1 Å². The summed E-state index contributed by atoms with van der Waals surface area (Å²) in [5.41, 5.74) is 2.64. The third-order valence-electron chi connectivity index (χ3n) is 3.26. The third kappa shape index (κ3) is 6.51. The van der Waals surface area contributed by atoms with Crippen LogP contribution in [0.25, 0.3) is 0 Å². The summed E-state index contributed by atoms with van der Waals surface area (Å²) in [5, 5.41) is 6.61. The molecule has 1 aromatic carbocycles. The Morgan fingerprint density at radius 1 is 1.09 bits per heavy atom. The maximum atomic E-state index is 5.30. The largest absolute Gasteiger partial charge is 0.469 e. The van der Waals surface area contributed by atoms with Gasteiger partial charge in [-0.2, -0.15) is 0 Å². The van der Waals surface area contributed by atoms with Crippen molar-refractivity contribution in [1.29, 1.82) is 0 Å². The van der Waals surface area contributed by atoms with Gasteiger partial charge in [0.25, 0.3) is 0 Å². The molecule has 1 aromatic heterocycles. The summed E-state index contributed by atoms with van der Waals surface area (Å²) < 4.78 is 5.30. The second-order valence-electron chi connectivity index (χ2n) is 4.99. The first kappa shape index (κ1) is 18.5. The molecule has 0 bridgehead atoms. The third-order valence-corrected chi connectivity index (χ3v) is 3.26. The standard InChI is InChI=1S/C17H23N3O.HI/c1-14-5-3-6-15(13-14)8-10-19-17(18-2)20-11-9-16-7-4-12-21-16;/h3-7,12-13H,8-11H2,1-2H3,(H2,18,19,20);1H. The van der Waals surface area contributed by atoms with Crippen LogP contribution in [0.1, 0.15) is 16.9 Å². The Bertz CT molecular complexity index is 567. The van der Waals surface area contributed by atoms with Crippen molar-refractivity contribution in [3.05, 3.63) is 59.5 Å². The lowest BCUT2D eigenvalue weighted by molar-refractivity contribution is 0.507. The number of hydrogen-bond acceptors (Lipinski definition) is 2. The molecule has 0 amide bonds. The second-order valence-corrected chi connectivity index (χ2v) is 4.99. The minimum absolute atomic E-state index is 0. The topological polar surface area (TPSA) is 49.6 Å². The molecular weight excluding hydrogens is 389 g/mol. The zero-order chi connectivity index (χ0) is 14.9. The predicted octanol–water partition coefficient (Wildman–Crippen LogP) is 3.16. The average Bonchev–Trinajstić information content (AvgIpc) is 2.99. The van der Waals surface area contributed by atoms with E-state index in [4.69, 9.17) is 4.42 Å². The van der Waals surface area contributed by atoms with Gasteiger partial charge in [-0.05, 0) is 31.0 Å². The predicted molar refractivity (Wildman–Crippen MR) is 102 cm³/mol. The smallest absolute Gasteiger partial charge is 0.191 e. The fraction of sp³-hybridized carbons (Fsp3) is 0.353. The molecule has 2 aromatic rings. The van der Waals surface area contributed by atoms with Crippen LogP contribution in [0.3, 0.4) is 0 Å². The van der Waals surface area contributed by atoms with Crippen LogP contribution in [0.4, 0.5) is 0 Å². The van der Waals surface area contributed by atoms with Crippen LogP contribution >= 0.6 is 24.0 Å². The number of furan rings is 1. The van der Waals surface area contributed by atoms with E-state index in [1.54, 1.807) is 13.3 Å². The van der Waals surface area contributed by atoms with Gasteiger partial charge in [-0.25, -0.2) is 0 Å². The molecule has 0 fully saturated rings. The Kier molecular flexibility index (Phi) is 8.65. The summed E-state index contributed by atoms with van der Waals surface area (Å²) in [4.78, 5) is 4.22. The molecular formula is C17H24IN3O. The van der Waals surface area contributed by atoms with Gasteiger partial charge in [0.15, 0.2) is 5.96 Å². The fourth-order valence-electron chi connectivity index (χ4n) is 2.17. The van der Waals surface area contributed by atoms with Crippen molar-refractivity contribution >= 4 is 29.9 Å². The van der Waals surface area contributed by atoms with E-state index in [-0.39, 0.29) is 24.0 Å². The van der Waals surface area contributed by atoms with Crippen LogP contribution < -0.4 is 10.6 Å². The average molecular weight is 413 g/mol. The molecule has 0 unspecified atom stereocenters. The van der Waals surface area contributed by atoms with Gasteiger partial charge in [0, 0.05) is 26.6 Å². The highest BCUT2D eigenvalue weighted by Gasteiger charge is 2.00. The molecule has 4 nitrogen and oxygen atoms in total. The first-order valence-corrected chi connectivity index (χ1v) is 7.30. The fourth-order valence-corrected chi connectivity index (χ4v) is 2.17. The van der Waals surface area contributed by atoms with Gasteiger partial charge in [-0.1, -0.05) is 29.8 Å². The second kappa shape index (κ2) is 10.3. The molecule has 0 spiro atoms. The molecule has 0 saturated carbocycles. The van der Waals surface area contributed by atoms with Gasteiger partial charge in [0.1, 0.15) is 5.76 Å². The number of guanidine groups is 1. The summed E-state index contributed by atoms with van der Waals surface area (Å²) in [6, 6.07) is 12.5. The molecule has 0 atom stereocenters. The quantitative estimate of drug-likeness (QED) is 0.435. The van der Waals surface area contributed by atoms with E-state index < -0.39 is 0 Å². The Balaban J connectivity index is 0.00000242. The summed E-state index contributed by atoms with van der Waals surface area (Å²) in [6.45, 7) is 3.79. The van der Waals surface area contributed by atoms with Crippen LogP contribution in [-0.2, 0) is 12.8 Å². The zero-order valence-electron chi connectivity index (χ0n) is 13.1. The van der Waals surface area contributed by atoms with Gasteiger partial charge in [-0.15, -0.1) is 24.0 Å². The molecule has 0 aliphatic rings. The first-order chi connectivity index (χ1) is 10.3. The van der Waals surface area contributed by atoms with Crippen molar-refractivity contribution in [3.8, 4) is 0 Å². The SMILES string of the molecule is CN=C(NCCc1cccc(C)c1)NCCc1ccco1.I. The molecule has 0 aliphatic heterocycles. The number of aliphatic imine (C=N–C) groups is 1. The lowest BCUT2D eigenvalue weighted by Crippen LogP contribution is -2.39. The van der Waals surface area contributed by atoms with E-state index in [1.807, 2.05) is 12.1 Å².